The summed E-state index contributed by atoms with van der Waals surface area (Å²) in [6.45, 7) is 6.58. The topological polar surface area (TPSA) is 100 Å². The minimum Gasteiger partial charge on any atom is -0.322 e. The quantitative estimate of drug-likeness (QED) is 0.435. The van der Waals surface area contributed by atoms with Gasteiger partial charge in [0, 0.05) is 17.4 Å². The number of hydroxylamine groups is 1. The van der Waals surface area contributed by atoms with Crippen molar-refractivity contribution in [2.75, 3.05) is 5.32 Å². The molecule has 0 fully saturated rings. The van der Waals surface area contributed by atoms with Crippen LogP contribution in [0.1, 0.15) is 52.6 Å². The van der Waals surface area contributed by atoms with Crippen LogP contribution in [0.15, 0.2) is 71.7 Å². The number of carbonyl (C=O) groups is 2. The molecule has 0 saturated heterocycles. The molecule has 0 atom stereocenters. The highest BCUT2D eigenvalue weighted by Crippen LogP contribution is 2.23. The molecule has 0 aliphatic carbocycles. The molecule has 2 amide bonds. The molecular weight excluding hydrogens is 394 g/mol. The van der Waals surface area contributed by atoms with Gasteiger partial charge in [0.05, 0.1) is 6.54 Å². The Hall–Kier alpha value is -3.71. The molecule has 7 nitrogen and oxygen atoms in total. The largest absolute Gasteiger partial charge is 0.322 e. The predicted octanol–water partition coefficient (Wildman–Crippen LogP) is 3.57. The molecule has 0 bridgehead atoms. The molecule has 3 rings (SSSR count). The van der Waals surface area contributed by atoms with Crippen molar-refractivity contribution in [2.24, 2.45) is 0 Å². The summed E-state index contributed by atoms with van der Waals surface area (Å²) in [5.74, 6) is -1.09. The van der Waals surface area contributed by atoms with Gasteiger partial charge in [-0.2, -0.15) is 0 Å². The number of nitrogens with zero attached hydrogens (tertiary/aromatic N) is 1. The van der Waals surface area contributed by atoms with Gasteiger partial charge in [0.2, 0.25) is 0 Å². The average molecular weight is 419 g/mol. The first kappa shape index (κ1) is 22.0. The van der Waals surface area contributed by atoms with Crippen LogP contribution in [0.3, 0.4) is 0 Å². The van der Waals surface area contributed by atoms with E-state index in [1.807, 2.05) is 24.3 Å². The summed E-state index contributed by atoms with van der Waals surface area (Å²) in [6, 6.07) is 17.2. The van der Waals surface area contributed by atoms with Gasteiger partial charge in [-0.05, 0) is 52.9 Å². The van der Waals surface area contributed by atoms with E-state index in [0.29, 0.717) is 11.3 Å². The van der Waals surface area contributed by atoms with Gasteiger partial charge in [-0.1, -0.05) is 45.0 Å². The fourth-order valence-electron chi connectivity index (χ4n) is 3.11. The number of anilines is 1. The SMILES string of the molecule is CC(C)(C)c1ccc(NC(=O)c2cccn(Cc3ccc(C(=O)NO)cc3)c2=O)cc1. The Balaban J connectivity index is 1.76. The maximum absolute atomic E-state index is 12.8. The van der Waals surface area contributed by atoms with Gasteiger partial charge in [-0.15, -0.1) is 0 Å². The molecule has 1 aromatic heterocycles. The Morgan fingerprint density at radius 1 is 0.935 bits per heavy atom. The van der Waals surface area contributed by atoms with Crippen molar-refractivity contribution >= 4 is 17.5 Å². The van der Waals surface area contributed by atoms with Crippen molar-refractivity contribution in [3.05, 3.63) is 99.5 Å². The van der Waals surface area contributed by atoms with Gasteiger partial charge >= 0.3 is 0 Å². The van der Waals surface area contributed by atoms with Crippen LogP contribution in [0.2, 0.25) is 0 Å². The molecule has 3 aromatic rings. The van der Waals surface area contributed by atoms with Gasteiger partial charge in [-0.25, -0.2) is 5.48 Å². The zero-order chi connectivity index (χ0) is 22.6. The Kier molecular flexibility index (Phi) is 6.36. The molecular formula is C24H25N3O4. The van der Waals surface area contributed by atoms with Crippen molar-refractivity contribution in [3.8, 4) is 0 Å². The van der Waals surface area contributed by atoms with E-state index in [1.54, 1.807) is 42.0 Å². The second-order valence-electron chi connectivity index (χ2n) is 8.27. The first-order valence-electron chi connectivity index (χ1n) is 9.84. The van der Waals surface area contributed by atoms with Crippen molar-refractivity contribution < 1.29 is 14.8 Å². The molecule has 0 aliphatic heterocycles. The number of amides is 2. The summed E-state index contributed by atoms with van der Waals surface area (Å²) < 4.78 is 1.43. The molecule has 0 unspecified atom stereocenters. The number of nitrogens with one attached hydrogen (secondary N) is 2. The molecule has 0 aliphatic rings. The lowest BCUT2D eigenvalue weighted by molar-refractivity contribution is 0.0706. The van der Waals surface area contributed by atoms with Crippen LogP contribution in [0.4, 0.5) is 5.69 Å². The lowest BCUT2D eigenvalue weighted by Crippen LogP contribution is -2.29. The smallest absolute Gasteiger partial charge is 0.274 e. The first-order valence-corrected chi connectivity index (χ1v) is 9.84. The molecule has 31 heavy (non-hydrogen) atoms. The van der Waals surface area contributed by atoms with E-state index in [1.165, 1.54) is 10.6 Å². The third-order valence-electron chi connectivity index (χ3n) is 4.94. The monoisotopic (exact) mass is 419 g/mol. The van der Waals surface area contributed by atoms with Crippen LogP contribution in [-0.2, 0) is 12.0 Å². The highest BCUT2D eigenvalue weighted by atomic mass is 16.5. The average Bonchev–Trinajstić information content (AvgIpc) is 2.75. The molecule has 0 radical (unpaired) electrons. The van der Waals surface area contributed by atoms with E-state index in [0.717, 1.165) is 11.1 Å². The summed E-state index contributed by atoms with van der Waals surface area (Å²) in [6.07, 6.45) is 1.60. The molecule has 160 valence electrons. The van der Waals surface area contributed by atoms with Crippen LogP contribution in [0, 0.1) is 0 Å². The van der Waals surface area contributed by atoms with Crippen molar-refractivity contribution in [1.82, 2.24) is 10.0 Å². The van der Waals surface area contributed by atoms with E-state index in [4.69, 9.17) is 5.21 Å². The standard InChI is InChI=1S/C24H25N3O4/c1-24(2,3)18-10-12-19(13-11-18)25-22(29)20-5-4-14-27(23(20)30)15-16-6-8-17(9-7-16)21(28)26-31/h4-14,31H,15H2,1-3H3,(H,25,29)(H,26,28). The minimum atomic E-state index is -0.613. The van der Waals surface area contributed by atoms with E-state index in [2.05, 4.69) is 26.1 Å². The number of benzene rings is 2. The third-order valence-corrected chi connectivity index (χ3v) is 4.94. The molecule has 0 saturated carbocycles. The van der Waals surface area contributed by atoms with E-state index in [9.17, 15) is 14.4 Å². The van der Waals surface area contributed by atoms with E-state index < -0.39 is 17.4 Å². The van der Waals surface area contributed by atoms with Gasteiger partial charge in [0.25, 0.3) is 17.4 Å². The third kappa shape index (κ3) is 5.26. The Morgan fingerprint density at radius 2 is 1.58 bits per heavy atom. The summed E-state index contributed by atoms with van der Waals surface area (Å²) >= 11 is 0. The normalized spacial score (nSPS) is 11.1. The summed E-state index contributed by atoms with van der Waals surface area (Å²) in [7, 11) is 0. The van der Waals surface area contributed by atoms with Gasteiger partial charge in [-0.3, -0.25) is 19.6 Å². The zero-order valence-corrected chi connectivity index (χ0v) is 17.7. The summed E-state index contributed by atoms with van der Waals surface area (Å²) in [4.78, 5) is 36.9. The van der Waals surface area contributed by atoms with Crippen LogP contribution >= 0.6 is 0 Å². The first-order chi connectivity index (χ1) is 14.7. The maximum Gasteiger partial charge on any atom is 0.274 e. The zero-order valence-electron chi connectivity index (χ0n) is 17.7. The highest BCUT2D eigenvalue weighted by molar-refractivity contribution is 6.04. The molecule has 7 heteroatoms. The number of aromatic nitrogens is 1. The van der Waals surface area contributed by atoms with Gasteiger partial charge < -0.3 is 9.88 Å². The number of rotatable bonds is 5. The number of hydrogen-bond donors (Lipinski definition) is 3. The maximum atomic E-state index is 12.8. The van der Waals surface area contributed by atoms with Crippen molar-refractivity contribution in [1.29, 1.82) is 0 Å². The fraction of sp³-hybridized carbons (Fsp3) is 0.208. The van der Waals surface area contributed by atoms with E-state index in [-0.39, 0.29) is 17.5 Å². The fourth-order valence-corrected chi connectivity index (χ4v) is 3.11. The van der Waals surface area contributed by atoms with Crippen molar-refractivity contribution in [2.45, 2.75) is 32.7 Å². The molecule has 3 N–H and O–H groups in total. The van der Waals surface area contributed by atoms with Crippen LogP contribution in [0.25, 0.3) is 0 Å². The Morgan fingerprint density at radius 3 is 2.16 bits per heavy atom. The lowest BCUT2D eigenvalue weighted by atomic mass is 9.87. The number of carbonyl (C=O) groups excluding carboxylic acids is 2. The Bertz CT molecular complexity index is 1140. The minimum absolute atomic E-state index is 0.00972. The second kappa shape index (κ2) is 8.97. The van der Waals surface area contributed by atoms with Crippen LogP contribution < -0.4 is 16.4 Å². The van der Waals surface area contributed by atoms with Crippen LogP contribution in [-0.4, -0.2) is 21.6 Å². The molecule has 0 spiro atoms. The summed E-state index contributed by atoms with van der Waals surface area (Å²) in [5, 5.41) is 11.5. The molecule has 1 heterocycles. The molecule has 2 aromatic carbocycles. The predicted molar refractivity (Wildman–Crippen MR) is 119 cm³/mol. The summed E-state index contributed by atoms with van der Waals surface area (Å²) in [5.41, 5.74) is 4.04. The van der Waals surface area contributed by atoms with E-state index >= 15 is 0 Å². The van der Waals surface area contributed by atoms with Crippen LogP contribution in [0.5, 0.6) is 0 Å². The lowest BCUT2D eigenvalue weighted by Gasteiger charge is -2.19. The Labute approximate surface area is 180 Å². The number of hydrogen-bond acceptors (Lipinski definition) is 4. The highest BCUT2D eigenvalue weighted by Gasteiger charge is 2.15. The number of pyridine rings is 1. The van der Waals surface area contributed by atoms with Gasteiger partial charge in [0.15, 0.2) is 0 Å². The second-order valence-corrected chi connectivity index (χ2v) is 8.27. The van der Waals surface area contributed by atoms with Crippen molar-refractivity contribution in [3.63, 3.8) is 0 Å². The van der Waals surface area contributed by atoms with Gasteiger partial charge in [0.1, 0.15) is 5.56 Å².